The lowest BCUT2D eigenvalue weighted by Gasteiger charge is -2.39. The summed E-state index contributed by atoms with van der Waals surface area (Å²) in [6, 6.07) is 1.61. The van der Waals surface area contributed by atoms with Crippen LogP contribution in [0.5, 0.6) is 0 Å². The number of ether oxygens (including phenoxy) is 1. The molecule has 2 atom stereocenters. The Morgan fingerprint density at radius 1 is 1.16 bits per heavy atom. The van der Waals surface area contributed by atoms with Crippen molar-refractivity contribution >= 4 is 15.9 Å². The van der Waals surface area contributed by atoms with Gasteiger partial charge in [0.05, 0.1) is 17.1 Å². The molecule has 140 valence electrons. The van der Waals surface area contributed by atoms with Crippen molar-refractivity contribution in [1.82, 2.24) is 13.8 Å². The van der Waals surface area contributed by atoms with Gasteiger partial charge in [-0.3, -0.25) is 4.79 Å². The van der Waals surface area contributed by atoms with Gasteiger partial charge < -0.3 is 14.2 Å². The minimum Gasteiger partial charge on any atom is -0.372 e. The molecule has 0 saturated carbocycles. The van der Waals surface area contributed by atoms with E-state index in [4.69, 9.17) is 4.74 Å². The van der Waals surface area contributed by atoms with Gasteiger partial charge in [-0.15, -0.1) is 0 Å². The lowest BCUT2D eigenvalue weighted by atomic mass is 9.96. The Bertz CT molecular complexity index is 712. The molecule has 2 saturated heterocycles. The minimum atomic E-state index is -3.47. The molecule has 2 fully saturated rings. The lowest BCUT2D eigenvalue weighted by Crippen LogP contribution is -2.51. The smallest absolute Gasteiger partial charge is 0.244 e. The molecule has 0 aliphatic carbocycles. The molecule has 1 aromatic rings. The molecule has 1 amide bonds. The van der Waals surface area contributed by atoms with Gasteiger partial charge in [0.1, 0.15) is 0 Å². The number of nitrogens with zero attached hydrogens (tertiary/aromatic N) is 3. The van der Waals surface area contributed by atoms with Crippen molar-refractivity contribution in [2.24, 2.45) is 13.0 Å². The summed E-state index contributed by atoms with van der Waals surface area (Å²) in [5.74, 6) is 0.0403. The molecule has 0 bridgehead atoms. The van der Waals surface area contributed by atoms with E-state index in [0.717, 1.165) is 0 Å². The third-order valence-electron chi connectivity index (χ3n) is 4.98. The quantitative estimate of drug-likeness (QED) is 0.799. The van der Waals surface area contributed by atoms with Gasteiger partial charge in [0, 0.05) is 51.5 Å². The van der Waals surface area contributed by atoms with Crippen LogP contribution in [0.1, 0.15) is 26.7 Å². The largest absolute Gasteiger partial charge is 0.372 e. The number of hydrogen-bond donors (Lipinski definition) is 0. The highest BCUT2D eigenvalue weighted by Crippen LogP contribution is 2.26. The fourth-order valence-electron chi connectivity index (χ4n) is 3.74. The second-order valence-electron chi connectivity index (χ2n) is 7.19. The molecule has 3 heterocycles. The number of morpholine rings is 1. The van der Waals surface area contributed by atoms with Crippen LogP contribution in [0.4, 0.5) is 0 Å². The first-order valence-electron chi connectivity index (χ1n) is 8.83. The number of hydrogen-bond acceptors (Lipinski definition) is 4. The van der Waals surface area contributed by atoms with Crippen molar-refractivity contribution < 1.29 is 17.9 Å². The Kier molecular flexibility index (Phi) is 5.22. The summed E-state index contributed by atoms with van der Waals surface area (Å²) in [4.78, 5) is 15.0. The standard InChI is InChI=1S/C17H27N3O4S/c1-13-10-19(11-14(2)24-13)17(21)15-4-8-20(9-5-15)25(22,23)16-6-7-18(3)12-16/h6-7,12-15H,4-5,8-11H2,1-3H3. The molecule has 0 N–H and O–H groups in total. The zero-order chi connectivity index (χ0) is 18.2. The van der Waals surface area contributed by atoms with Crippen molar-refractivity contribution in [3.05, 3.63) is 18.5 Å². The average molecular weight is 369 g/mol. The van der Waals surface area contributed by atoms with E-state index in [0.29, 0.717) is 43.9 Å². The SMILES string of the molecule is CC1CN(C(=O)C2CCN(S(=O)(=O)c3ccn(C)c3)CC2)CC(C)O1. The molecule has 2 aliphatic rings. The maximum Gasteiger partial charge on any atom is 0.244 e. The summed E-state index contributed by atoms with van der Waals surface area (Å²) >= 11 is 0. The molecule has 7 nitrogen and oxygen atoms in total. The Morgan fingerprint density at radius 3 is 2.28 bits per heavy atom. The van der Waals surface area contributed by atoms with Gasteiger partial charge >= 0.3 is 0 Å². The Labute approximate surface area is 149 Å². The van der Waals surface area contributed by atoms with Crippen LogP contribution in [0, 0.1) is 5.92 Å². The zero-order valence-corrected chi connectivity index (χ0v) is 15.9. The minimum absolute atomic E-state index is 0.0475. The number of piperidine rings is 1. The number of aromatic nitrogens is 1. The van der Waals surface area contributed by atoms with Crippen molar-refractivity contribution in [3.63, 3.8) is 0 Å². The van der Waals surface area contributed by atoms with Gasteiger partial charge in [-0.05, 0) is 32.8 Å². The fraction of sp³-hybridized carbons (Fsp3) is 0.706. The van der Waals surface area contributed by atoms with E-state index >= 15 is 0 Å². The van der Waals surface area contributed by atoms with Crippen LogP contribution in [0.25, 0.3) is 0 Å². The van der Waals surface area contributed by atoms with Crippen molar-refractivity contribution in [2.45, 2.75) is 43.8 Å². The number of amides is 1. The van der Waals surface area contributed by atoms with E-state index in [9.17, 15) is 13.2 Å². The zero-order valence-electron chi connectivity index (χ0n) is 15.1. The highest BCUT2D eigenvalue weighted by Gasteiger charge is 2.35. The summed E-state index contributed by atoms with van der Waals surface area (Å²) in [6.45, 7) is 5.97. The Hall–Kier alpha value is -1.38. The highest BCUT2D eigenvalue weighted by molar-refractivity contribution is 7.89. The third kappa shape index (κ3) is 3.91. The summed E-state index contributed by atoms with van der Waals surface area (Å²) in [5, 5.41) is 0. The van der Waals surface area contributed by atoms with E-state index in [-0.39, 0.29) is 24.0 Å². The summed E-state index contributed by atoms with van der Waals surface area (Å²) in [6.07, 6.45) is 4.58. The van der Waals surface area contributed by atoms with Gasteiger partial charge in [-0.1, -0.05) is 0 Å². The van der Waals surface area contributed by atoms with Crippen LogP contribution in [0.3, 0.4) is 0 Å². The summed E-state index contributed by atoms with van der Waals surface area (Å²) in [5.41, 5.74) is 0. The van der Waals surface area contributed by atoms with Crippen molar-refractivity contribution in [3.8, 4) is 0 Å². The first kappa shape index (κ1) is 18.4. The molecule has 1 aromatic heterocycles. The molecule has 3 rings (SSSR count). The van der Waals surface area contributed by atoms with Gasteiger partial charge in [0.15, 0.2) is 0 Å². The van der Waals surface area contributed by atoms with Crippen LogP contribution in [-0.4, -0.2) is 66.5 Å². The fourth-order valence-corrected chi connectivity index (χ4v) is 5.26. The first-order valence-corrected chi connectivity index (χ1v) is 10.3. The van der Waals surface area contributed by atoms with Crippen LogP contribution >= 0.6 is 0 Å². The number of carbonyl (C=O) groups is 1. The van der Waals surface area contributed by atoms with E-state index in [1.165, 1.54) is 4.31 Å². The van der Waals surface area contributed by atoms with E-state index < -0.39 is 10.0 Å². The van der Waals surface area contributed by atoms with Crippen LogP contribution in [0.15, 0.2) is 23.4 Å². The van der Waals surface area contributed by atoms with E-state index in [1.807, 2.05) is 18.7 Å². The maximum absolute atomic E-state index is 12.8. The maximum atomic E-state index is 12.8. The molecule has 0 aromatic carbocycles. The van der Waals surface area contributed by atoms with Gasteiger partial charge in [-0.25, -0.2) is 8.42 Å². The van der Waals surface area contributed by atoms with Crippen molar-refractivity contribution in [2.75, 3.05) is 26.2 Å². The topological polar surface area (TPSA) is 71.9 Å². The monoisotopic (exact) mass is 369 g/mol. The van der Waals surface area contributed by atoms with Crippen LogP contribution < -0.4 is 0 Å². The predicted molar refractivity (Wildman–Crippen MR) is 93.5 cm³/mol. The normalized spacial score (nSPS) is 26.8. The highest BCUT2D eigenvalue weighted by atomic mass is 32.2. The number of rotatable bonds is 3. The number of sulfonamides is 1. The van der Waals surface area contributed by atoms with Crippen molar-refractivity contribution in [1.29, 1.82) is 0 Å². The molecular formula is C17H27N3O4S. The third-order valence-corrected chi connectivity index (χ3v) is 6.86. The van der Waals surface area contributed by atoms with Gasteiger partial charge in [0.2, 0.25) is 15.9 Å². The van der Waals surface area contributed by atoms with Crippen LogP contribution in [0.2, 0.25) is 0 Å². The molecule has 8 heteroatoms. The van der Waals surface area contributed by atoms with Gasteiger partial charge in [-0.2, -0.15) is 4.31 Å². The second kappa shape index (κ2) is 7.09. The predicted octanol–water partition coefficient (Wildman–Crippen LogP) is 1.06. The summed E-state index contributed by atoms with van der Waals surface area (Å²) in [7, 11) is -1.67. The van der Waals surface area contributed by atoms with E-state index in [2.05, 4.69) is 0 Å². The number of carbonyl (C=O) groups excluding carboxylic acids is 1. The Balaban J connectivity index is 1.61. The average Bonchev–Trinajstić information content (AvgIpc) is 3.01. The molecule has 0 radical (unpaired) electrons. The summed E-state index contributed by atoms with van der Waals surface area (Å²) < 4.78 is 34.2. The first-order chi connectivity index (χ1) is 11.8. The van der Waals surface area contributed by atoms with E-state index in [1.54, 1.807) is 30.1 Å². The molecule has 2 unspecified atom stereocenters. The molecular weight excluding hydrogens is 342 g/mol. The van der Waals surface area contributed by atoms with Crippen LogP contribution in [-0.2, 0) is 26.6 Å². The second-order valence-corrected chi connectivity index (χ2v) is 9.13. The Morgan fingerprint density at radius 2 is 1.76 bits per heavy atom. The van der Waals surface area contributed by atoms with Gasteiger partial charge in [0.25, 0.3) is 0 Å². The lowest BCUT2D eigenvalue weighted by molar-refractivity contribution is -0.148. The molecule has 25 heavy (non-hydrogen) atoms. The number of aryl methyl sites for hydroxylation is 1. The molecule has 2 aliphatic heterocycles. The molecule has 0 spiro atoms.